The van der Waals surface area contributed by atoms with E-state index in [1.165, 1.54) is 37.0 Å². The van der Waals surface area contributed by atoms with E-state index in [0.29, 0.717) is 6.04 Å². The molecule has 0 spiro atoms. The van der Waals surface area contributed by atoms with Crippen LogP contribution in [0, 0.1) is 0 Å². The van der Waals surface area contributed by atoms with Gasteiger partial charge in [-0.1, -0.05) is 25.3 Å². The molecule has 1 aliphatic carbocycles. The molecule has 1 aromatic rings. The van der Waals surface area contributed by atoms with Crippen molar-refractivity contribution < 1.29 is 0 Å². The molecule has 1 aromatic heterocycles. The van der Waals surface area contributed by atoms with E-state index in [-0.39, 0.29) is 5.54 Å². The largest absolute Gasteiger partial charge is 0.325 e. The summed E-state index contributed by atoms with van der Waals surface area (Å²) in [7, 11) is 0. The van der Waals surface area contributed by atoms with Crippen LogP contribution in [0.2, 0.25) is 0 Å². The van der Waals surface area contributed by atoms with Gasteiger partial charge in [-0.2, -0.15) is 0 Å². The summed E-state index contributed by atoms with van der Waals surface area (Å²) in [6, 6.07) is 4.97. The van der Waals surface area contributed by atoms with Crippen LogP contribution < -0.4 is 5.73 Å². The fourth-order valence-electron chi connectivity index (χ4n) is 2.99. The number of rotatable bonds is 6. The van der Waals surface area contributed by atoms with Gasteiger partial charge in [0.2, 0.25) is 0 Å². The first-order valence-corrected chi connectivity index (χ1v) is 8.52. The molecule has 1 fully saturated rings. The van der Waals surface area contributed by atoms with Gasteiger partial charge in [0, 0.05) is 29.5 Å². The minimum absolute atomic E-state index is 0.112. The maximum absolute atomic E-state index is 6.56. The minimum Gasteiger partial charge on any atom is -0.325 e. The number of hydrogen-bond donors (Lipinski definition) is 1. The van der Waals surface area contributed by atoms with Gasteiger partial charge in [0.25, 0.3) is 0 Å². The smallest absolute Gasteiger partial charge is 0.0330 e. The molecular weight excluding hydrogens is 252 g/mol. The van der Waals surface area contributed by atoms with Crippen molar-refractivity contribution in [2.75, 3.05) is 6.54 Å². The van der Waals surface area contributed by atoms with Crippen LogP contribution in [0.1, 0.15) is 57.2 Å². The summed E-state index contributed by atoms with van der Waals surface area (Å²) in [4.78, 5) is 4.03. The summed E-state index contributed by atoms with van der Waals surface area (Å²) < 4.78 is 0. The lowest BCUT2D eigenvalue weighted by molar-refractivity contribution is 0.173. The quantitative estimate of drug-likeness (QED) is 0.853. The van der Waals surface area contributed by atoms with E-state index in [1.54, 1.807) is 0 Å². The van der Waals surface area contributed by atoms with Crippen LogP contribution in [0.4, 0.5) is 0 Å². The molecule has 0 unspecified atom stereocenters. The van der Waals surface area contributed by atoms with Gasteiger partial charge >= 0.3 is 0 Å². The number of thiophene rings is 1. The van der Waals surface area contributed by atoms with E-state index in [4.69, 9.17) is 5.73 Å². The molecule has 108 valence electrons. The summed E-state index contributed by atoms with van der Waals surface area (Å²) in [5.41, 5.74) is 6.67. The Morgan fingerprint density at radius 3 is 2.63 bits per heavy atom. The molecule has 1 saturated carbocycles. The Morgan fingerprint density at radius 2 is 2.05 bits per heavy atom. The second-order valence-electron chi connectivity index (χ2n) is 6.32. The number of nitrogens with zero attached hydrogens (tertiary/aromatic N) is 1. The fraction of sp³-hybridized carbons (Fsp3) is 0.750. The normalized spacial score (nSPS) is 19.2. The third kappa shape index (κ3) is 4.59. The van der Waals surface area contributed by atoms with E-state index in [1.807, 2.05) is 11.3 Å². The standard InChI is InChI=1S/C16H28N2S/c1-14(2)18(13-15-7-6-12-19-15)11-10-16(17)8-4-3-5-9-16/h6-7,12,14H,3-5,8-11,13,17H2,1-2H3. The van der Waals surface area contributed by atoms with Crippen molar-refractivity contribution in [3.05, 3.63) is 22.4 Å². The lowest BCUT2D eigenvalue weighted by Crippen LogP contribution is -2.45. The molecule has 0 aromatic carbocycles. The average Bonchev–Trinajstić information content (AvgIpc) is 2.88. The third-order valence-corrected chi connectivity index (χ3v) is 5.28. The summed E-state index contributed by atoms with van der Waals surface area (Å²) in [5, 5.41) is 2.17. The second-order valence-corrected chi connectivity index (χ2v) is 7.35. The summed E-state index contributed by atoms with van der Waals surface area (Å²) >= 11 is 1.86. The molecule has 1 aliphatic rings. The van der Waals surface area contributed by atoms with Crippen LogP contribution in [0.15, 0.2) is 17.5 Å². The SMILES string of the molecule is CC(C)N(CCC1(N)CCCCC1)Cc1cccs1. The molecule has 0 amide bonds. The lowest BCUT2D eigenvalue weighted by atomic mass is 9.80. The monoisotopic (exact) mass is 280 g/mol. The van der Waals surface area contributed by atoms with E-state index in [0.717, 1.165) is 19.5 Å². The van der Waals surface area contributed by atoms with Gasteiger partial charge in [0.1, 0.15) is 0 Å². The van der Waals surface area contributed by atoms with Crippen LogP contribution in [-0.4, -0.2) is 23.0 Å². The molecule has 2 N–H and O–H groups in total. The zero-order valence-corrected chi connectivity index (χ0v) is 13.2. The molecule has 0 saturated heterocycles. The topological polar surface area (TPSA) is 29.3 Å². The molecule has 0 bridgehead atoms. The first-order valence-electron chi connectivity index (χ1n) is 7.64. The van der Waals surface area contributed by atoms with Crippen LogP contribution in [-0.2, 0) is 6.54 Å². The predicted molar refractivity (Wildman–Crippen MR) is 84.5 cm³/mol. The summed E-state index contributed by atoms with van der Waals surface area (Å²) in [5.74, 6) is 0. The Bertz CT molecular complexity index is 353. The zero-order chi connectivity index (χ0) is 13.7. The zero-order valence-electron chi connectivity index (χ0n) is 12.4. The molecule has 3 heteroatoms. The van der Waals surface area contributed by atoms with Crippen LogP contribution in [0.5, 0.6) is 0 Å². The van der Waals surface area contributed by atoms with E-state index in [9.17, 15) is 0 Å². The van der Waals surface area contributed by atoms with Crippen molar-refractivity contribution in [3.63, 3.8) is 0 Å². The Hall–Kier alpha value is -0.380. The van der Waals surface area contributed by atoms with Gasteiger partial charge in [-0.15, -0.1) is 11.3 Å². The second kappa shape index (κ2) is 6.87. The maximum atomic E-state index is 6.56. The highest BCUT2D eigenvalue weighted by molar-refractivity contribution is 7.09. The van der Waals surface area contributed by atoms with Crippen LogP contribution in [0.25, 0.3) is 0 Å². The molecule has 2 nitrogen and oxygen atoms in total. The van der Waals surface area contributed by atoms with Gasteiger partial charge in [0.15, 0.2) is 0 Å². The molecule has 2 rings (SSSR count). The molecule has 0 radical (unpaired) electrons. The molecule has 1 heterocycles. The van der Waals surface area contributed by atoms with Crippen LogP contribution >= 0.6 is 11.3 Å². The van der Waals surface area contributed by atoms with Gasteiger partial charge in [-0.05, 0) is 44.6 Å². The highest BCUT2D eigenvalue weighted by atomic mass is 32.1. The Balaban J connectivity index is 1.86. The van der Waals surface area contributed by atoms with E-state index >= 15 is 0 Å². The van der Waals surface area contributed by atoms with Gasteiger partial charge < -0.3 is 5.73 Å². The Kier molecular flexibility index (Phi) is 5.43. The van der Waals surface area contributed by atoms with Gasteiger partial charge in [0.05, 0.1) is 0 Å². The Labute approximate surface area is 122 Å². The first kappa shape index (κ1) is 15.0. The number of nitrogens with two attached hydrogens (primary N) is 1. The van der Waals surface area contributed by atoms with E-state index in [2.05, 4.69) is 36.3 Å². The first-order chi connectivity index (χ1) is 9.09. The predicted octanol–water partition coefficient (Wildman–Crippen LogP) is 4.01. The highest BCUT2D eigenvalue weighted by Crippen LogP contribution is 2.29. The lowest BCUT2D eigenvalue weighted by Gasteiger charge is -2.36. The average molecular weight is 280 g/mol. The Morgan fingerprint density at radius 1 is 1.32 bits per heavy atom. The molecule has 0 aliphatic heterocycles. The van der Waals surface area contributed by atoms with Gasteiger partial charge in [-0.25, -0.2) is 0 Å². The van der Waals surface area contributed by atoms with Crippen molar-refractivity contribution >= 4 is 11.3 Å². The number of hydrogen-bond acceptors (Lipinski definition) is 3. The maximum Gasteiger partial charge on any atom is 0.0330 e. The minimum atomic E-state index is 0.112. The highest BCUT2D eigenvalue weighted by Gasteiger charge is 2.28. The van der Waals surface area contributed by atoms with Crippen molar-refractivity contribution in [2.24, 2.45) is 5.73 Å². The van der Waals surface area contributed by atoms with Gasteiger partial charge in [-0.3, -0.25) is 4.90 Å². The molecule has 0 atom stereocenters. The van der Waals surface area contributed by atoms with Crippen molar-refractivity contribution in [3.8, 4) is 0 Å². The third-order valence-electron chi connectivity index (χ3n) is 4.42. The summed E-state index contributed by atoms with van der Waals surface area (Å²) in [6.07, 6.45) is 7.61. The van der Waals surface area contributed by atoms with Crippen molar-refractivity contribution in [1.82, 2.24) is 4.90 Å². The molecule has 19 heavy (non-hydrogen) atoms. The fourth-order valence-corrected chi connectivity index (χ4v) is 3.72. The van der Waals surface area contributed by atoms with E-state index < -0.39 is 0 Å². The van der Waals surface area contributed by atoms with Crippen LogP contribution in [0.3, 0.4) is 0 Å². The van der Waals surface area contributed by atoms with Crippen molar-refractivity contribution in [2.45, 2.75) is 70.5 Å². The van der Waals surface area contributed by atoms with Crippen molar-refractivity contribution in [1.29, 1.82) is 0 Å². The molecular formula is C16H28N2S. The summed E-state index contributed by atoms with van der Waals surface area (Å²) in [6.45, 7) is 6.78.